The van der Waals surface area contributed by atoms with Gasteiger partial charge in [-0.15, -0.1) is 0 Å². The number of aryl methyl sites for hydroxylation is 1. The van der Waals surface area contributed by atoms with E-state index in [-0.39, 0.29) is 5.91 Å². The lowest BCUT2D eigenvalue weighted by Gasteiger charge is -2.11. The van der Waals surface area contributed by atoms with E-state index in [1.807, 2.05) is 11.6 Å². The molecule has 0 atom stereocenters. The van der Waals surface area contributed by atoms with Crippen LogP contribution in [0.15, 0.2) is 18.2 Å². The number of aromatic nitrogens is 2. The van der Waals surface area contributed by atoms with Crippen LogP contribution in [0.5, 0.6) is 0 Å². The maximum Gasteiger partial charge on any atom is 0.338 e. The molecular formula is C21H29N3O3. The molecule has 1 N–H and O–H groups in total. The van der Waals surface area contributed by atoms with Gasteiger partial charge in [-0.2, -0.15) is 5.10 Å². The number of rotatable bonds is 7. The number of carbonyl (C=O) groups is 2. The highest BCUT2D eigenvalue weighted by Crippen LogP contribution is 2.21. The number of amides is 1. The average molecular weight is 371 g/mol. The van der Waals surface area contributed by atoms with Crippen molar-refractivity contribution in [1.29, 1.82) is 0 Å². The van der Waals surface area contributed by atoms with Gasteiger partial charge in [0.15, 0.2) is 0 Å². The van der Waals surface area contributed by atoms with E-state index in [1.165, 1.54) is 7.11 Å². The minimum absolute atomic E-state index is 0.0875. The van der Waals surface area contributed by atoms with Crippen LogP contribution >= 0.6 is 0 Å². The molecule has 6 heteroatoms. The quantitative estimate of drug-likeness (QED) is 0.751. The number of hydrogen-bond acceptors (Lipinski definition) is 4. The van der Waals surface area contributed by atoms with Gasteiger partial charge >= 0.3 is 5.97 Å². The lowest BCUT2D eigenvalue weighted by atomic mass is 10.1. The molecule has 2 aromatic rings. The Labute approximate surface area is 160 Å². The number of hydrogen-bond donors (Lipinski definition) is 1. The predicted octanol–water partition coefficient (Wildman–Crippen LogP) is 3.82. The lowest BCUT2D eigenvalue weighted by Crippen LogP contribution is -2.15. The monoisotopic (exact) mass is 371 g/mol. The van der Waals surface area contributed by atoms with Crippen molar-refractivity contribution in [2.45, 2.75) is 54.0 Å². The van der Waals surface area contributed by atoms with Crippen molar-refractivity contribution in [2.75, 3.05) is 12.4 Å². The molecule has 0 aliphatic heterocycles. The molecule has 6 nitrogen and oxygen atoms in total. The summed E-state index contributed by atoms with van der Waals surface area (Å²) < 4.78 is 6.80. The molecule has 0 aliphatic rings. The highest BCUT2D eigenvalue weighted by atomic mass is 16.5. The third-order valence-electron chi connectivity index (χ3n) is 4.68. The average Bonchev–Trinajstić information content (AvgIpc) is 2.87. The summed E-state index contributed by atoms with van der Waals surface area (Å²) in [6.45, 7) is 11.0. The van der Waals surface area contributed by atoms with E-state index in [1.54, 1.807) is 25.1 Å². The number of nitrogens with zero attached hydrogens (tertiary/aromatic N) is 2. The van der Waals surface area contributed by atoms with Gasteiger partial charge in [0.1, 0.15) is 0 Å². The normalized spacial score (nSPS) is 10.9. The Balaban J connectivity index is 2.06. The maximum atomic E-state index is 12.4. The largest absolute Gasteiger partial charge is 0.465 e. The molecule has 0 aliphatic carbocycles. The second-order valence-electron chi connectivity index (χ2n) is 7.24. The highest BCUT2D eigenvalue weighted by Gasteiger charge is 2.16. The summed E-state index contributed by atoms with van der Waals surface area (Å²) in [7, 11) is 1.34. The van der Waals surface area contributed by atoms with Gasteiger partial charge in [-0.25, -0.2) is 4.79 Å². The third kappa shape index (κ3) is 4.96. The molecule has 1 aromatic carbocycles. The molecule has 0 bridgehead atoms. The van der Waals surface area contributed by atoms with Crippen LogP contribution in [0.1, 0.15) is 53.1 Å². The fraction of sp³-hybridized carbons (Fsp3) is 0.476. The fourth-order valence-electron chi connectivity index (χ4n) is 3.17. The van der Waals surface area contributed by atoms with Crippen LogP contribution in [-0.4, -0.2) is 28.8 Å². The van der Waals surface area contributed by atoms with Crippen LogP contribution in [0.2, 0.25) is 0 Å². The van der Waals surface area contributed by atoms with Gasteiger partial charge in [-0.3, -0.25) is 9.48 Å². The molecule has 1 amide bonds. The maximum absolute atomic E-state index is 12.4. The minimum Gasteiger partial charge on any atom is -0.465 e. The number of esters is 1. The summed E-state index contributed by atoms with van der Waals surface area (Å²) in [5, 5.41) is 7.50. The van der Waals surface area contributed by atoms with Crippen molar-refractivity contribution in [3.63, 3.8) is 0 Å². The molecule has 0 spiro atoms. The van der Waals surface area contributed by atoms with Gasteiger partial charge < -0.3 is 10.1 Å². The van der Waals surface area contributed by atoms with Crippen LogP contribution < -0.4 is 5.32 Å². The second-order valence-corrected chi connectivity index (χ2v) is 7.24. The van der Waals surface area contributed by atoms with Crippen molar-refractivity contribution in [1.82, 2.24) is 9.78 Å². The fourth-order valence-corrected chi connectivity index (χ4v) is 3.17. The number of nitrogens with one attached hydrogen (secondary N) is 1. The smallest absolute Gasteiger partial charge is 0.338 e. The molecule has 1 aromatic heterocycles. The second kappa shape index (κ2) is 8.84. The van der Waals surface area contributed by atoms with Crippen molar-refractivity contribution < 1.29 is 14.3 Å². The summed E-state index contributed by atoms with van der Waals surface area (Å²) in [4.78, 5) is 24.2. The first-order valence-corrected chi connectivity index (χ1v) is 9.25. The van der Waals surface area contributed by atoms with Gasteiger partial charge in [-0.1, -0.05) is 19.9 Å². The first kappa shape index (κ1) is 20.7. The Hall–Kier alpha value is -2.63. The number of carbonyl (C=O) groups excluding carboxylic acids is 2. The Morgan fingerprint density at radius 3 is 2.56 bits per heavy atom. The summed E-state index contributed by atoms with van der Waals surface area (Å²) in [5.41, 5.74) is 5.02. The molecule has 27 heavy (non-hydrogen) atoms. The zero-order valence-corrected chi connectivity index (χ0v) is 17.0. The summed E-state index contributed by atoms with van der Waals surface area (Å²) in [6.07, 6.45) is 0.994. The molecule has 1 heterocycles. The van der Waals surface area contributed by atoms with Crippen molar-refractivity contribution in [3.05, 3.63) is 46.3 Å². The Morgan fingerprint density at radius 1 is 1.22 bits per heavy atom. The number of benzene rings is 1. The van der Waals surface area contributed by atoms with Crippen molar-refractivity contribution in [3.8, 4) is 0 Å². The predicted molar refractivity (Wildman–Crippen MR) is 106 cm³/mol. The number of methoxy groups -OCH3 is 1. The van der Waals surface area contributed by atoms with Crippen LogP contribution in [-0.2, 0) is 22.5 Å². The molecule has 0 fully saturated rings. The summed E-state index contributed by atoms with van der Waals surface area (Å²) in [5.74, 6) is 0.0205. The van der Waals surface area contributed by atoms with Gasteiger partial charge in [0, 0.05) is 24.3 Å². The van der Waals surface area contributed by atoms with Gasteiger partial charge in [0.05, 0.1) is 18.4 Å². The topological polar surface area (TPSA) is 73.2 Å². The Bertz CT molecular complexity index is 837. The Kier molecular flexibility index (Phi) is 6.77. The molecule has 0 unspecified atom stereocenters. The standard InChI is InChI=1S/C21H29N3O3/c1-13(2)12-24-16(5)18(15(4)23-24)10-11-20(25)22-19-9-7-8-17(14(19)3)21(26)27-6/h7-9,13H,10-12H2,1-6H3,(H,22,25). The van der Waals surface area contributed by atoms with Crippen LogP contribution in [0.3, 0.4) is 0 Å². The Morgan fingerprint density at radius 2 is 1.93 bits per heavy atom. The first-order valence-electron chi connectivity index (χ1n) is 9.25. The molecule has 2 rings (SSSR count). The van der Waals surface area contributed by atoms with Crippen molar-refractivity contribution in [2.24, 2.45) is 5.92 Å². The van der Waals surface area contributed by atoms with Gasteiger partial charge in [0.25, 0.3) is 0 Å². The van der Waals surface area contributed by atoms with Crippen molar-refractivity contribution >= 4 is 17.6 Å². The third-order valence-corrected chi connectivity index (χ3v) is 4.68. The van der Waals surface area contributed by atoms with Gasteiger partial charge in [-0.05, 0) is 56.4 Å². The lowest BCUT2D eigenvalue weighted by molar-refractivity contribution is -0.116. The molecule has 0 saturated heterocycles. The van der Waals surface area contributed by atoms with Gasteiger partial charge in [0.2, 0.25) is 5.91 Å². The molecule has 0 saturated carbocycles. The van der Waals surface area contributed by atoms with E-state index in [9.17, 15) is 9.59 Å². The van der Waals surface area contributed by atoms with E-state index in [4.69, 9.17) is 4.74 Å². The molecular weight excluding hydrogens is 342 g/mol. The van der Waals surface area contributed by atoms with E-state index in [0.29, 0.717) is 35.6 Å². The SMILES string of the molecule is COC(=O)c1cccc(NC(=O)CCc2c(C)nn(CC(C)C)c2C)c1C. The van der Waals surface area contributed by atoms with E-state index < -0.39 is 5.97 Å². The highest BCUT2D eigenvalue weighted by molar-refractivity contribution is 5.96. The summed E-state index contributed by atoms with van der Waals surface area (Å²) >= 11 is 0. The minimum atomic E-state index is -0.410. The van der Waals surface area contributed by atoms with E-state index in [0.717, 1.165) is 23.5 Å². The van der Waals surface area contributed by atoms with Crippen LogP contribution in [0.4, 0.5) is 5.69 Å². The zero-order chi connectivity index (χ0) is 20.1. The number of anilines is 1. The molecule has 146 valence electrons. The zero-order valence-electron chi connectivity index (χ0n) is 17.0. The number of ether oxygens (including phenoxy) is 1. The van der Waals surface area contributed by atoms with Crippen LogP contribution in [0.25, 0.3) is 0 Å². The van der Waals surface area contributed by atoms with E-state index >= 15 is 0 Å². The van der Waals surface area contributed by atoms with E-state index in [2.05, 4.69) is 31.2 Å². The first-order chi connectivity index (χ1) is 12.7. The molecule has 0 radical (unpaired) electrons. The van der Waals surface area contributed by atoms with Crippen LogP contribution in [0, 0.1) is 26.7 Å². The summed E-state index contributed by atoms with van der Waals surface area (Å²) in [6, 6.07) is 5.21.